The van der Waals surface area contributed by atoms with E-state index in [1.807, 2.05) is 31.2 Å². The molecule has 0 unspecified atom stereocenters. The summed E-state index contributed by atoms with van der Waals surface area (Å²) < 4.78 is 34.1. The first kappa shape index (κ1) is 22.5. The zero-order valence-electron chi connectivity index (χ0n) is 18.5. The monoisotopic (exact) mass is 442 g/mol. The summed E-state index contributed by atoms with van der Waals surface area (Å²) in [6.07, 6.45) is 3.49. The largest absolute Gasteiger partial charge is 0.381 e. The van der Waals surface area contributed by atoms with Gasteiger partial charge in [0.2, 0.25) is 10.0 Å². The van der Waals surface area contributed by atoms with Gasteiger partial charge in [0.15, 0.2) is 0 Å². The minimum absolute atomic E-state index is 0.0475. The van der Waals surface area contributed by atoms with Crippen LogP contribution in [0.5, 0.6) is 0 Å². The number of fused-ring (bicyclic) bond motifs is 1. The van der Waals surface area contributed by atoms with Crippen LogP contribution in [-0.4, -0.2) is 56.5 Å². The van der Waals surface area contributed by atoms with Crippen molar-refractivity contribution in [3.05, 3.63) is 70.8 Å². The second-order valence-corrected chi connectivity index (χ2v) is 10.8. The fraction of sp³-hybridized carbons (Fsp3) is 0.520. The maximum absolute atomic E-state index is 13.4. The molecule has 2 aliphatic rings. The van der Waals surface area contributed by atoms with Gasteiger partial charge in [-0.3, -0.25) is 4.90 Å². The van der Waals surface area contributed by atoms with Crippen LogP contribution < -0.4 is 0 Å². The van der Waals surface area contributed by atoms with Crippen LogP contribution >= 0.6 is 0 Å². The first-order valence-corrected chi connectivity index (χ1v) is 13.0. The van der Waals surface area contributed by atoms with Crippen LogP contribution in [-0.2, 0) is 33.5 Å². The number of nitrogens with zero attached hydrogens (tertiary/aromatic N) is 2. The van der Waals surface area contributed by atoms with Gasteiger partial charge in [0, 0.05) is 38.9 Å². The molecule has 2 heterocycles. The molecule has 2 aromatic rings. The molecule has 0 saturated carbocycles. The van der Waals surface area contributed by atoms with Crippen molar-refractivity contribution in [2.75, 3.05) is 32.8 Å². The van der Waals surface area contributed by atoms with Crippen molar-refractivity contribution >= 4 is 10.0 Å². The molecule has 1 fully saturated rings. The van der Waals surface area contributed by atoms with Crippen molar-refractivity contribution in [3.63, 3.8) is 0 Å². The third kappa shape index (κ3) is 5.95. The van der Waals surface area contributed by atoms with Crippen molar-refractivity contribution < 1.29 is 13.2 Å². The smallest absolute Gasteiger partial charge is 0.218 e. The molecular formula is C25H34N2O3S. The number of rotatable bonds is 8. The van der Waals surface area contributed by atoms with E-state index in [0.29, 0.717) is 19.8 Å². The number of hydrogen-bond acceptors (Lipinski definition) is 4. The first-order chi connectivity index (χ1) is 15.0. The lowest BCUT2D eigenvalue weighted by Crippen LogP contribution is -2.45. The number of benzene rings is 2. The number of aryl methyl sites for hydroxylation is 1. The Morgan fingerprint density at radius 3 is 2.48 bits per heavy atom. The van der Waals surface area contributed by atoms with Crippen LogP contribution in [0, 0.1) is 6.92 Å². The Morgan fingerprint density at radius 2 is 1.74 bits per heavy atom. The van der Waals surface area contributed by atoms with Gasteiger partial charge in [-0.25, -0.2) is 8.42 Å². The summed E-state index contributed by atoms with van der Waals surface area (Å²) in [5.74, 6) is 0.0712. The molecule has 0 N–H and O–H groups in total. The molecule has 31 heavy (non-hydrogen) atoms. The van der Waals surface area contributed by atoms with Crippen LogP contribution in [0.3, 0.4) is 0 Å². The highest BCUT2D eigenvalue weighted by molar-refractivity contribution is 7.88. The van der Waals surface area contributed by atoms with E-state index < -0.39 is 10.0 Å². The zero-order valence-corrected chi connectivity index (χ0v) is 19.3. The summed E-state index contributed by atoms with van der Waals surface area (Å²) >= 11 is 0. The highest BCUT2D eigenvalue weighted by atomic mass is 32.2. The normalized spacial score (nSPS) is 18.3. The molecule has 168 valence electrons. The second kappa shape index (κ2) is 10.3. The molecule has 0 amide bonds. The average Bonchev–Trinajstić information content (AvgIpc) is 2.78. The molecule has 0 spiro atoms. The lowest BCUT2D eigenvalue weighted by atomic mass is 10.00. The van der Waals surface area contributed by atoms with Crippen molar-refractivity contribution in [1.82, 2.24) is 9.21 Å². The Kier molecular flexibility index (Phi) is 7.43. The summed E-state index contributed by atoms with van der Waals surface area (Å²) in [5, 5.41) is 0. The lowest BCUT2D eigenvalue weighted by Gasteiger charge is -2.34. The zero-order chi connectivity index (χ0) is 21.7. The third-order valence-corrected chi connectivity index (χ3v) is 8.38. The summed E-state index contributed by atoms with van der Waals surface area (Å²) in [4.78, 5) is 2.46. The van der Waals surface area contributed by atoms with Gasteiger partial charge in [0.1, 0.15) is 0 Å². The number of sulfonamides is 1. The summed E-state index contributed by atoms with van der Waals surface area (Å²) in [5.41, 5.74) is 4.85. The maximum Gasteiger partial charge on any atom is 0.218 e. The van der Waals surface area contributed by atoms with E-state index in [4.69, 9.17) is 4.74 Å². The van der Waals surface area contributed by atoms with Crippen molar-refractivity contribution in [2.24, 2.45) is 0 Å². The van der Waals surface area contributed by atoms with Gasteiger partial charge in [-0.2, -0.15) is 4.31 Å². The molecule has 4 rings (SSSR count). The van der Waals surface area contributed by atoms with E-state index >= 15 is 0 Å². The molecule has 0 atom stereocenters. The van der Waals surface area contributed by atoms with Crippen LogP contribution in [0.25, 0.3) is 0 Å². The van der Waals surface area contributed by atoms with E-state index in [0.717, 1.165) is 56.4 Å². The summed E-state index contributed by atoms with van der Waals surface area (Å²) in [7, 11) is -3.38. The average molecular weight is 443 g/mol. The standard InChI is InChI=1S/C25H34N2O3S/c1-21-7-9-22(10-8-21)20-31(28,29)27(25-12-17-30-18-13-25)15-4-14-26-16-11-23-5-2-3-6-24(23)19-26/h2-3,5-10,25H,4,11-20H2,1H3. The molecule has 6 heteroatoms. The van der Waals surface area contributed by atoms with Gasteiger partial charge in [-0.15, -0.1) is 0 Å². The van der Waals surface area contributed by atoms with Gasteiger partial charge in [-0.1, -0.05) is 54.1 Å². The molecular weight excluding hydrogens is 408 g/mol. The Labute approximate surface area is 187 Å². The molecule has 0 radical (unpaired) electrons. The minimum atomic E-state index is -3.38. The molecule has 2 aromatic carbocycles. The van der Waals surface area contributed by atoms with E-state index in [2.05, 4.69) is 29.2 Å². The predicted molar refractivity (Wildman–Crippen MR) is 124 cm³/mol. The van der Waals surface area contributed by atoms with Gasteiger partial charge < -0.3 is 4.74 Å². The topological polar surface area (TPSA) is 49.9 Å². The van der Waals surface area contributed by atoms with Crippen molar-refractivity contribution in [3.8, 4) is 0 Å². The highest BCUT2D eigenvalue weighted by Gasteiger charge is 2.31. The van der Waals surface area contributed by atoms with Crippen molar-refractivity contribution in [1.29, 1.82) is 0 Å². The first-order valence-electron chi connectivity index (χ1n) is 11.4. The number of ether oxygens (including phenoxy) is 1. The Balaban J connectivity index is 1.40. The molecule has 0 bridgehead atoms. The van der Waals surface area contributed by atoms with E-state index in [-0.39, 0.29) is 11.8 Å². The minimum Gasteiger partial charge on any atom is -0.381 e. The van der Waals surface area contributed by atoms with Crippen LogP contribution in [0.4, 0.5) is 0 Å². The molecule has 5 nitrogen and oxygen atoms in total. The molecule has 0 aliphatic carbocycles. The third-order valence-electron chi connectivity index (χ3n) is 6.49. The highest BCUT2D eigenvalue weighted by Crippen LogP contribution is 2.23. The fourth-order valence-electron chi connectivity index (χ4n) is 4.69. The van der Waals surface area contributed by atoms with Crippen LogP contribution in [0.1, 0.15) is 41.5 Å². The van der Waals surface area contributed by atoms with E-state index in [1.54, 1.807) is 4.31 Å². The van der Waals surface area contributed by atoms with Crippen molar-refractivity contribution in [2.45, 2.75) is 50.9 Å². The van der Waals surface area contributed by atoms with Gasteiger partial charge >= 0.3 is 0 Å². The summed E-state index contributed by atoms with van der Waals surface area (Å²) in [6.45, 7) is 6.82. The Bertz CT molecular complexity index is 953. The molecule has 2 aliphatic heterocycles. The molecule has 1 saturated heterocycles. The molecule has 0 aromatic heterocycles. The van der Waals surface area contributed by atoms with E-state index in [9.17, 15) is 8.42 Å². The van der Waals surface area contributed by atoms with Gasteiger partial charge in [0.05, 0.1) is 5.75 Å². The van der Waals surface area contributed by atoms with Gasteiger partial charge in [-0.05, 0) is 55.8 Å². The van der Waals surface area contributed by atoms with Crippen LogP contribution in [0.2, 0.25) is 0 Å². The lowest BCUT2D eigenvalue weighted by molar-refractivity contribution is 0.0574. The van der Waals surface area contributed by atoms with E-state index in [1.165, 1.54) is 11.1 Å². The second-order valence-electron chi connectivity index (χ2n) is 8.84. The maximum atomic E-state index is 13.4. The predicted octanol–water partition coefficient (Wildman–Crippen LogP) is 3.75. The SMILES string of the molecule is Cc1ccc(CS(=O)(=O)N(CCCN2CCc3ccccc3C2)C2CCOCC2)cc1. The Hall–Kier alpha value is -1.73. The van der Waals surface area contributed by atoms with Gasteiger partial charge in [0.25, 0.3) is 0 Å². The Morgan fingerprint density at radius 1 is 1.03 bits per heavy atom. The quantitative estimate of drug-likeness (QED) is 0.625. The summed E-state index contributed by atoms with van der Waals surface area (Å²) in [6, 6.07) is 16.5. The van der Waals surface area contributed by atoms with Crippen LogP contribution in [0.15, 0.2) is 48.5 Å². The number of hydrogen-bond donors (Lipinski definition) is 0. The fourth-order valence-corrected chi connectivity index (χ4v) is 6.55.